The number of nitrogens with two attached hydrogens (primary N) is 1. The first kappa shape index (κ1) is 9.80. The third-order valence-electron chi connectivity index (χ3n) is 2.17. The molecule has 1 aromatic carbocycles. The SMILES string of the molecule is Nc1cccc(Br)c1O[C@H]1CCOC1. The molecular weight excluding hydrogens is 246 g/mol. The van der Waals surface area contributed by atoms with Crippen LogP contribution >= 0.6 is 15.9 Å². The van der Waals surface area contributed by atoms with Gasteiger partial charge in [-0.25, -0.2) is 0 Å². The molecule has 2 rings (SSSR count). The molecule has 1 aromatic rings. The van der Waals surface area contributed by atoms with Gasteiger partial charge in [-0.05, 0) is 28.1 Å². The van der Waals surface area contributed by atoms with Crippen LogP contribution in [0.3, 0.4) is 0 Å². The number of ether oxygens (including phenoxy) is 2. The summed E-state index contributed by atoms with van der Waals surface area (Å²) in [5.41, 5.74) is 6.46. The van der Waals surface area contributed by atoms with Gasteiger partial charge in [0.2, 0.25) is 0 Å². The van der Waals surface area contributed by atoms with Crippen LogP contribution in [0.4, 0.5) is 5.69 Å². The van der Waals surface area contributed by atoms with E-state index < -0.39 is 0 Å². The van der Waals surface area contributed by atoms with E-state index in [-0.39, 0.29) is 6.10 Å². The zero-order valence-corrected chi connectivity index (χ0v) is 9.29. The molecule has 1 heterocycles. The molecule has 0 aromatic heterocycles. The topological polar surface area (TPSA) is 44.5 Å². The van der Waals surface area contributed by atoms with Crippen LogP contribution in [0.5, 0.6) is 5.75 Å². The van der Waals surface area contributed by atoms with Crippen molar-refractivity contribution in [3.63, 3.8) is 0 Å². The van der Waals surface area contributed by atoms with Crippen molar-refractivity contribution < 1.29 is 9.47 Å². The minimum absolute atomic E-state index is 0.135. The quantitative estimate of drug-likeness (QED) is 0.827. The smallest absolute Gasteiger partial charge is 0.156 e. The number of nitrogen functional groups attached to an aromatic ring is 1. The molecule has 0 aliphatic carbocycles. The predicted octanol–water partition coefficient (Wildman–Crippen LogP) is 2.20. The van der Waals surface area contributed by atoms with Gasteiger partial charge in [0.05, 0.1) is 23.4 Å². The van der Waals surface area contributed by atoms with Crippen molar-refractivity contribution >= 4 is 21.6 Å². The van der Waals surface area contributed by atoms with Gasteiger partial charge in [-0.1, -0.05) is 6.07 Å². The Bertz CT molecular complexity index is 304. The molecule has 1 aliphatic rings. The molecule has 0 amide bonds. The summed E-state index contributed by atoms with van der Waals surface area (Å²) in [6, 6.07) is 5.63. The zero-order valence-electron chi connectivity index (χ0n) is 7.70. The highest BCUT2D eigenvalue weighted by atomic mass is 79.9. The predicted molar refractivity (Wildman–Crippen MR) is 58.4 cm³/mol. The van der Waals surface area contributed by atoms with Gasteiger partial charge in [-0.2, -0.15) is 0 Å². The molecule has 4 heteroatoms. The highest BCUT2D eigenvalue weighted by Gasteiger charge is 2.19. The first-order chi connectivity index (χ1) is 6.77. The molecule has 0 spiro atoms. The second-order valence-electron chi connectivity index (χ2n) is 3.26. The molecule has 14 heavy (non-hydrogen) atoms. The van der Waals surface area contributed by atoms with Crippen LogP contribution < -0.4 is 10.5 Å². The summed E-state index contributed by atoms with van der Waals surface area (Å²) in [5.74, 6) is 0.725. The van der Waals surface area contributed by atoms with Crippen molar-refractivity contribution in [1.29, 1.82) is 0 Å². The lowest BCUT2D eigenvalue weighted by Crippen LogP contribution is -2.16. The maximum atomic E-state index is 5.80. The number of benzene rings is 1. The molecule has 0 radical (unpaired) electrons. The fourth-order valence-electron chi connectivity index (χ4n) is 1.42. The Labute approximate surface area is 91.3 Å². The van der Waals surface area contributed by atoms with E-state index in [2.05, 4.69) is 15.9 Å². The maximum absolute atomic E-state index is 5.80. The van der Waals surface area contributed by atoms with Crippen molar-refractivity contribution in [2.45, 2.75) is 12.5 Å². The van der Waals surface area contributed by atoms with Crippen LogP contribution in [0.1, 0.15) is 6.42 Å². The largest absolute Gasteiger partial charge is 0.485 e. The lowest BCUT2D eigenvalue weighted by molar-refractivity contribution is 0.141. The summed E-state index contributed by atoms with van der Waals surface area (Å²) in [4.78, 5) is 0. The van der Waals surface area contributed by atoms with Crippen LogP contribution in [-0.2, 0) is 4.74 Å². The minimum Gasteiger partial charge on any atom is -0.485 e. The summed E-state index contributed by atoms with van der Waals surface area (Å²) in [6.07, 6.45) is 1.07. The molecule has 0 bridgehead atoms. The maximum Gasteiger partial charge on any atom is 0.156 e. The normalized spacial score (nSPS) is 21.1. The van der Waals surface area contributed by atoms with Crippen LogP contribution in [0.2, 0.25) is 0 Å². The zero-order chi connectivity index (χ0) is 9.97. The van der Waals surface area contributed by atoms with E-state index in [1.165, 1.54) is 0 Å². The number of rotatable bonds is 2. The van der Waals surface area contributed by atoms with Crippen molar-refractivity contribution in [1.82, 2.24) is 0 Å². The molecule has 0 unspecified atom stereocenters. The lowest BCUT2D eigenvalue weighted by Gasteiger charge is -2.14. The fraction of sp³-hybridized carbons (Fsp3) is 0.400. The average molecular weight is 258 g/mol. The van der Waals surface area contributed by atoms with Crippen LogP contribution in [0.25, 0.3) is 0 Å². The van der Waals surface area contributed by atoms with E-state index in [1.807, 2.05) is 18.2 Å². The van der Waals surface area contributed by atoms with Gasteiger partial charge < -0.3 is 15.2 Å². The Morgan fingerprint density at radius 1 is 1.50 bits per heavy atom. The van der Waals surface area contributed by atoms with Gasteiger partial charge in [-0.15, -0.1) is 0 Å². The number of para-hydroxylation sites is 1. The Morgan fingerprint density at radius 3 is 3.00 bits per heavy atom. The van der Waals surface area contributed by atoms with Gasteiger partial charge in [0, 0.05) is 6.42 Å². The summed E-state index contributed by atoms with van der Waals surface area (Å²) >= 11 is 3.41. The highest BCUT2D eigenvalue weighted by molar-refractivity contribution is 9.10. The summed E-state index contributed by atoms with van der Waals surface area (Å²) < 4.78 is 11.9. The van der Waals surface area contributed by atoms with Gasteiger partial charge in [0.15, 0.2) is 5.75 Å². The summed E-state index contributed by atoms with van der Waals surface area (Å²) in [7, 11) is 0. The Balaban J connectivity index is 2.14. The number of hydrogen-bond acceptors (Lipinski definition) is 3. The van der Waals surface area contributed by atoms with E-state index >= 15 is 0 Å². The highest BCUT2D eigenvalue weighted by Crippen LogP contribution is 2.32. The fourth-order valence-corrected chi connectivity index (χ4v) is 1.90. The lowest BCUT2D eigenvalue weighted by atomic mass is 10.3. The van der Waals surface area contributed by atoms with Gasteiger partial charge in [-0.3, -0.25) is 0 Å². The van der Waals surface area contributed by atoms with Gasteiger partial charge in [0.1, 0.15) is 6.10 Å². The Hall–Kier alpha value is -0.740. The molecule has 1 fully saturated rings. The number of anilines is 1. The Kier molecular flexibility index (Phi) is 2.93. The van der Waals surface area contributed by atoms with Crippen molar-refractivity contribution in [3.05, 3.63) is 22.7 Å². The molecule has 76 valence electrons. The van der Waals surface area contributed by atoms with Crippen LogP contribution in [0.15, 0.2) is 22.7 Å². The van der Waals surface area contributed by atoms with Crippen molar-refractivity contribution in [2.75, 3.05) is 18.9 Å². The van der Waals surface area contributed by atoms with Gasteiger partial charge in [0.25, 0.3) is 0 Å². The summed E-state index contributed by atoms with van der Waals surface area (Å²) in [5, 5.41) is 0. The molecule has 1 atom stereocenters. The Morgan fingerprint density at radius 2 is 2.36 bits per heavy atom. The second-order valence-corrected chi connectivity index (χ2v) is 4.12. The van der Waals surface area contributed by atoms with E-state index in [1.54, 1.807) is 0 Å². The van der Waals surface area contributed by atoms with Crippen molar-refractivity contribution in [3.8, 4) is 5.75 Å². The monoisotopic (exact) mass is 257 g/mol. The number of hydrogen-bond donors (Lipinski definition) is 1. The molecule has 1 aliphatic heterocycles. The third kappa shape index (κ3) is 2.01. The van der Waals surface area contributed by atoms with E-state index in [4.69, 9.17) is 15.2 Å². The van der Waals surface area contributed by atoms with E-state index in [0.29, 0.717) is 12.3 Å². The molecule has 0 saturated carbocycles. The first-order valence-corrected chi connectivity index (χ1v) is 5.35. The third-order valence-corrected chi connectivity index (χ3v) is 2.79. The molecule has 2 N–H and O–H groups in total. The van der Waals surface area contributed by atoms with Crippen molar-refractivity contribution in [2.24, 2.45) is 0 Å². The summed E-state index contributed by atoms with van der Waals surface area (Å²) in [6.45, 7) is 1.43. The first-order valence-electron chi connectivity index (χ1n) is 4.56. The second kappa shape index (κ2) is 4.19. The molecule has 3 nitrogen and oxygen atoms in total. The van der Waals surface area contributed by atoms with Crippen LogP contribution in [0, 0.1) is 0 Å². The number of halogens is 1. The molecular formula is C10H12BrNO2. The van der Waals surface area contributed by atoms with Gasteiger partial charge >= 0.3 is 0 Å². The average Bonchev–Trinajstić information content (AvgIpc) is 2.64. The van der Waals surface area contributed by atoms with E-state index in [0.717, 1.165) is 23.2 Å². The van der Waals surface area contributed by atoms with E-state index in [9.17, 15) is 0 Å². The minimum atomic E-state index is 0.135. The molecule has 1 saturated heterocycles. The van der Waals surface area contributed by atoms with Crippen LogP contribution in [-0.4, -0.2) is 19.3 Å². The standard InChI is InChI=1S/C10H12BrNO2/c11-8-2-1-3-9(12)10(8)14-7-4-5-13-6-7/h1-3,7H,4-6,12H2/t7-/m0/s1.